The zero-order valence-electron chi connectivity index (χ0n) is 8.46. The van der Waals surface area contributed by atoms with Gasteiger partial charge in [-0.15, -0.1) is 0 Å². The van der Waals surface area contributed by atoms with Crippen molar-refractivity contribution in [3.63, 3.8) is 0 Å². The van der Waals surface area contributed by atoms with Crippen molar-refractivity contribution in [3.05, 3.63) is 54.7 Å². The molecule has 0 saturated heterocycles. The summed E-state index contributed by atoms with van der Waals surface area (Å²) in [6.45, 7) is 11.2. The molecule has 0 amide bonds. The van der Waals surface area contributed by atoms with Crippen LogP contribution in [0.5, 0.6) is 0 Å². The van der Waals surface area contributed by atoms with Crippen LogP contribution >= 0.6 is 0 Å². The van der Waals surface area contributed by atoms with Gasteiger partial charge in [0.05, 0.1) is 0 Å². The molecular formula is C12H15BO. The minimum atomic E-state index is 0.778. The van der Waals surface area contributed by atoms with Crippen LogP contribution in [0.25, 0.3) is 0 Å². The Morgan fingerprint density at radius 2 is 1.64 bits per heavy atom. The predicted octanol–water partition coefficient (Wildman–Crippen LogP) is 2.80. The van der Waals surface area contributed by atoms with E-state index in [1.54, 1.807) is 7.13 Å². The molecule has 0 spiro atoms. The van der Waals surface area contributed by atoms with Crippen molar-refractivity contribution >= 4 is 7.13 Å². The van der Waals surface area contributed by atoms with Crippen LogP contribution in [0.4, 0.5) is 0 Å². The third-order valence-corrected chi connectivity index (χ3v) is 2.11. The summed E-state index contributed by atoms with van der Waals surface area (Å²) >= 11 is 0. The van der Waals surface area contributed by atoms with Crippen LogP contribution < -0.4 is 0 Å². The van der Waals surface area contributed by atoms with E-state index in [2.05, 4.69) is 19.7 Å². The molecule has 0 unspecified atom stereocenters. The van der Waals surface area contributed by atoms with Gasteiger partial charge in [0.2, 0.25) is 0 Å². The van der Waals surface area contributed by atoms with Crippen LogP contribution in [-0.4, -0.2) is 7.13 Å². The second kappa shape index (κ2) is 5.43. The zero-order chi connectivity index (χ0) is 10.4. The van der Waals surface area contributed by atoms with Gasteiger partial charge in [0.1, 0.15) is 0 Å². The predicted molar refractivity (Wildman–Crippen MR) is 61.8 cm³/mol. The van der Waals surface area contributed by atoms with E-state index < -0.39 is 0 Å². The molecule has 1 heterocycles. The Morgan fingerprint density at radius 1 is 1.00 bits per heavy atom. The van der Waals surface area contributed by atoms with Crippen molar-refractivity contribution in [1.29, 1.82) is 0 Å². The molecule has 0 aliphatic carbocycles. The van der Waals surface area contributed by atoms with E-state index in [9.17, 15) is 0 Å². The first-order valence-corrected chi connectivity index (χ1v) is 4.74. The summed E-state index contributed by atoms with van der Waals surface area (Å²) < 4.78 is 5.47. The summed E-state index contributed by atoms with van der Waals surface area (Å²) in [5.41, 5.74) is 2.44. The molecule has 1 rings (SSSR count). The average molecular weight is 186 g/mol. The molecule has 0 saturated carbocycles. The minimum absolute atomic E-state index is 0.778. The van der Waals surface area contributed by atoms with Gasteiger partial charge in [-0.3, -0.25) is 0 Å². The molecule has 0 radical (unpaired) electrons. The van der Waals surface area contributed by atoms with Gasteiger partial charge in [0.15, 0.2) is 0 Å². The van der Waals surface area contributed by atoms with E-state index in [-0.39, 0.29) is 0 Å². The van der Waals surface area contributed by atoms with Gasteiger partial charge in [-0.2, -0.15) is 0 Å². The van der Waals surface area contributed by atoms with Gasteiger partial charge >= 0.3 is 85.5 Å². The Hall–Kier alpha value is -1.31. The van der Waals surface area contributed by atoms with Crippen LogP contribution in [0, 0.1) is 0 Å². The Balaban J connectivity index is 2.98. The molecule has 0 bridgehead atoms. The Morgan fingerprint density at radius 3 is 2.21 bits per heavy atom. The van der Waals surface area contributed by atoms with E-state index in [1.165, 1.54) is 11.0 Å². The van der Waals surface area contributed by atoms with Gasteiger partial charge in [-0.05, 0) is 0 Å². The molecule has 0 aliphatic rings. The van der Waals surface area contributed by atoms with Gasteiger partial charge < -0.3 is 0 Å². The average Bonchev–Trinajstić information content (AvgIpc) is 2.52. The van der Waals surface area contributed by atoms with Crippen molar-refractivity contribution < 1.29 is 4.33 Å². The summed E-state index contributed by atoms with van der Waals surface area (Å²) in [4.78, 5) is 0. The van der Waals surface area contributed by atoms with Crippen molar-refractivity contribution in [2.45, 2.75) is 19.3 Å². The Kier molecular flexibility index (Phi) is 4.18. The normalized spacial score (nSPS) is 9.43. The van der Waals surface area contributed by atoms with Gasteiger partial charge in [-0.25, -0.2) is 0 Å². The topological polar surface area (TPSA) is 13.1 Å². The maximum absolute atomic E-state index is 5.47. The summed E-state index contributed by atoms with van der Waals surface area (Å²) in [6.07, 6.45) is 8.11. The van der Waals surface area contributed by atoms with Crippen molar-refractivity contribution in [1.82, 2.24) is 0 Å². The molecule has 1 aromatic rings. The molecule has 1 nitrogen and oxygen atoms in total. The quantitative estimate of drug-likeness (QED) is 0.622. The SMILES string of the molecule is C=CCc1boc(CC=C)c1CC=C. The number of hydrogen-bond acceptors (Lipinski definition) is 1. The standard InChI is InChI=1S/C12H15BO/c1-4-7-10-11(8-5-2)13-14-12(10)9-6-3/h4-6H,1-3,7-9H2. The summed E-state index contributed by atoms with van der Waals surface area (Å²) in [5.74, 6) is 0.997. The van der Waals surface area contributed by atoms with E-state index in [1.807, 2.05) is 18.2 Å². The van der Waals surface area contributed by atoms with Crippen LogP contribution in [0.2, 0.25) is 0 Å². The van der Waals surface area contributed by atoms with Crippen molar-refractivity contribution in [3.8, 4) is 0 Å². The fourth-order valence-electron chi connectivity index (χ4n) is 1.48. The van der Waals surface area contributed by atoms with E-state index in [0.717, 1.165) is 25.0 Å². The van der Waals surface area contributed by atoms with Crippen LogP contribution in [-0.2, 0) is 19.3 Å². The second-order valence-electron chi connectivity index (χ2n) is 3.14. The first-order chi connectivity index (χ1) is 6.83. The monoisotopic (exact) mass is 186 g/mol. The van der Waals surface area contributed by atoms with E-state index in [4.69, 9.17) is 4.33 Å². The third kappa shape index (κ3) is 2.35. The van der Waals surface area contributed by atoms with E-state index in [0.29, 0.717) is 0 Å². The fourth-order valence-corrected chi connectivity index (χ4v) is 1.48. The van der Waals surface area contributed by atoms with Gasteiger partial charge in [0.25, 0.3) is 0 Å². The van der Waals surface area contributed by atoms with Crippen LogP contribution in [0.1, 0.15) is 16.8 Å². The molecule has 2 heteroatoms. The van der Waals surface area contributed by atoms with Crippen LogP contribution in [0.3, 0.4) is 0 Å². The molecule has 0 fully saturated rings. The van der Waals surface area contributed by atoms with Crippen molar-refractivity contribution in [2.24, 2.45) is 0 Å². The number of allylic oxidation sites excluding steroid dienone is 3. The third-order valence-electron chi connectivity index (χ3n) is 2.11. The van der Waals surface area contributed by atoms with Crippen LogP contribution in [0.15, 0.2) is 42.3 Å². The molecule has 1 aromatic heterocycles. The maximum atomic E-state index is 5.47. The van der Waals surface area contributed by atoms with Crippen molar-refractivity contribution in [2.75, 3.05) is 0 Å². The first kappa shape index (κ1) is 10.8. The molecule has 0 N–H and O–H groups in total. The van der Waals surface area contributed by atoms with Gasteiger partial charge in [0, 0.05) is 0 Å². The van der Waals surface area contributed by atoms with E-state index >= 15 is 0 Å². The van der Waals surface area contributed by atoms with Gasteiger partial charge in [-0.1, -0.05) is 0 Å². The first-order valence-electron chi connectivity index (χ1n) is 4.74. The molecule has 0 aliphatic heterocycles. The Labute approximate surface area is 86.1 Å². The summed E-state index contributed by atoms with van der Waals surface area (Å²) in [6, 6.07) is 0. The summed E-state index contributed by atoms with van der Waals surface area (Å²) in [5, 5.41) is 0. The summed E-state index contributed by atoms with van der Waals surface area (Å²) in [7, 11) is 1.80. The molecule has 72 valence electrons. The molecule has 0 aromatic carbocycles. The molecular weight excluding hydrogens is 171 g/mol. The Bertz CT molecular complexity index is 309. The fraction of sp³-hybridized carbons (Fsp3) is 0.250. The second-order valence-corrected chi connectivity index (χ2v) is 3.14. The molecule has 0 atom stereocenters. The number of hydrogen-bond donors (Lipinski definition) is 0. The number of rotatable bonds is 6. The zero-order valence-corrected chi connectivity index (χ0v) is 8.46. The molecule has 14 heavy (non-hydrogen) atoms.